The number of aromatic nitrogens is 3. The van der Waals surface area contributed by atoms with Crippen molar-refractivity contribution in [2.45, 2.75) is 114 Å². The van der Waals surface area contributed by atoms with Crippen molar-refractivity contribution in [3.05, 3.63) is 99.9 Å². The number of anilines is 2. The molecule has 10 rings (SSSR count). The standard InChI is InChI=1S/C48H56N8O7S/c1-30(2)36-11-6-7-12-37(36)40-13-8-20-55(40)34-26-48(27-34)17-21-54(22-18-48)33-14-15-38(42(24-33)63-35-23-32-16-19-49-45(32)50-28-35)46(57)53-64(60,61)43-25-41(56(58)59)44-47(52-43)62-29-39(51-44)31-9-4-3-5-10-31/h6-7,11-12,14-16,19,23-25,28,30-31,34,39-40,51H,3-5,8-10,13,17-18,20-22,26-27,29H2,1-2H3,(H,49,50)(H,53,57)/t39-,40-/m1/s1. The van der Waals surface area contributed by atoms with Gasteiger partial charge >= 0.3 is 5.69 Å². The molecule has 64 heavy (non-hydrogen) atoms. The maximum atomic E-state index is 14.1. The van der Waals surface area contributed by atoms with E-state index in [0.717, 1.165) is 81.7 Å². The minimum atomic E-state index is -4.73. The number of hydrogen-bond donors (Lipinski definition) is 3. The zero-order valence-corrected chi connectivity index (χ0v) is 37.2. The molecule has 5 aliphatic rings. The zero-order valence-electron chi connectivity index (χ0n) is 36.4. The van der Waals surface area contributed by atoms with Crippen LogP contribution in [0, 0.1) is 21.4 Å². The molecule has 336 valence electrons. The summed E-state index contributed by atoms with van der Waals surface area (Å²) >= 11 is 0. The first-order chi connectivity index (χ1) is 30.9. The molecule has 2 atom stereocenters. The van der Waals surface area contributed by atoms with Gasteiger partial charge in [-0.05, 0) is 111 Å². The third-order valence-corrected chi connectivity index (χ3v) is 15.9. The van der Waals surface area contributed by atoms with E-state index in [1.165, 1.54) is 43.0 Å². The Morgan fingerprint density at radius 1 is 1.00 bits per heavy atom. The number of benzene rings is 2. The van der Waals surface area contributed by atoms with Crippen LogP contribution in [0.5, 0.6) is 17.4 Å². The first-order valence-corrected chi connectivity index (χ1v) is 24.4. The van der Waals surface area contributed by atoms with Gasteiger partial charge in [0.05, 0.1) is 28.8 Å². The summed E-state index contributed by atoms with van der Waals surface area (Å²) in [5, 5.41) is 15.6. The average molecular weight is 889 g/mol. The van der Waals surface area contributed by atoms with Crippen LogP contribution in [0.3, 0.4) is 0 Å². The molecule has 3 N–H and O–H groups in total. The number of hydrogen-bond acceptors (Lipinski definition) is 12. The quantitative estimate of drug-likeness (QED) is 0.0845. The predicted molar refractivity (Wildman–Crippen MR) is 244 cm³/mol. The zero-order chi connectivity index (χ0) is 44.2. The molecular formula is C48H56N8O7S. The van der Waals surface area contributed by atoms with E-state index in [2.05, 4.69) is 72.9 Å². The fourth-order valence-electron chi connectivity index (χ4n) is 11.2. The summed E-state index contributed by atoms with van der Waals surface area (Å²) in [6.07, 6.45) is 15.5. The predicted octanol–water partition coefficient (Wildman–Crippen LogP) is 9.24. The average Bonchev–Trinajstić information content (AvgIpc) is 3.98. The number of nitrogens with zero attached hydrogens (tertiary/aromatic N) is 5. The lowest BCUT2D eigenvalue weighted by Crippen LogP contribution is -2.54. The van der Waals surface area contributed by atoms with Gasteiger partial charge in [-0.25, -0.2) is 9.71 Å². The largest absolute Gasteiger partial charge is 0.474 e. The molecule has 2 saturated heterocycles. The van der Waals surface area contributed by atoms with Crippen molar-refractivity contribution in [1.82, 2.24) is 24.6 Å². The van der Waals surface area contributed by atoms with Crippen LogP contribution in [0.2, 0.25) is 0 Å². The molecule has 0 radical (unpaired) electrons. The number of rotatable bonds is 11. The normalized spacial score (nSPS) is 21.6. The molecule has 2 saturated carbocycles. The highest BCUT2D eigenvalue weighted by molar-refractivity contribution is 7.90. The van der Waals surface area contributed by atoms with E-state index in [4.69, 9.17) is 9.47 Å². The molecule has 1 amide bonds. The van der Waals surface area contributed by atoms with Crippen LogP contribution in [0.15, 0.2) is 78.1 Å². The number of sulfonamides is 1. The highest BCUT2D eigenvalue weighted by Gasteiger charge is 2.50. The Bertz CT molecular complexity index is 2680. The Balaban J connectivity index is 0.861. The first-order valence-electron chi connectivity index (χ1n) is 22.9. The van der Waals surface area contributed by atoms with Gasteiger partial charge in [-0.3, -0.25) is 19.8 Å². The molecule has 1 spiro atoms. The van der Waals surface area contributed by atoms with E-state index < -0.39 is 31.6 Å². The highest BCUT2D eigenvalue weighted by atomic mass is 32.2. The summed E-state index contributed by atoms with van der Waals surface area (Å²) in [6, 6.07) is 19.6. The van der Waals surface area contributed by atoms with Gasteiger partial charge in [-0.15, -0.1) is 0 Å². The van der Waals surface area contributed by atoms with Crippen LogP contribution >= 0.6 is 0 Å². The van der Waals surface area contributed by atoms with Gasteiger partial charge in [0.15, 0.2) is 10.7 Å². The number of piperidine rings is 1. The molecular weight excluding hydrogens is 833 g/mol. The summed E-state index contributed by atoms with van der Waals surface area (Å²) in [5.41, 5.74) is 4.28. The molecule has 16 heteroatoms. The number of aromatic amines is 1. The van der Waals surface area contributed by atoms with Gasteiger partial charge in [0.2, 0.25) is 5.88 Å². The maximum Gasteiger partial charge on any atom is 0.300 e. The lowest BCUT2D eigenvalue weighted by molar-refractivity contribution is -0.384. The lowest BCUT2D eigenvalue weighted by atomic mass is 9.59. The molecule has 0 unspecified atom stereocenters. The third kappa shape index (κ3) is 8.14. The van der Waals surface area contributed by atoms with E-state index in [1.807, 2.05) is 12.1 Å². The molecule has 5 aromatic rings. The van der Waals surface area contributed by atoms with E-state index in [1.54, 1.807) is 24.4 Å². The molecule has 3 aliphatic heterocycles. The second-order valence-corrected chi connectivity index (χ2v) is 20.5. The third-order valence-electron chi connectivity index (χ3n) is 14.7. The summed E-state index contributed by atoms with van der Waals surface area (Å²) < 4.78 is 42.1. The Kier molecular flexibility index (Phi) is 11.2. The number of H-pyrrole nitrogens is 1. The second kappa shape index (κ2) is 17.0. The number of nitrogens with one attached hydrogen (secondary N) is 3. The summed E-state index contributed by atoms with van der Waals surface area (Å²) in [6.45, 7) is 7.59. The van der Waals surface area contributed by atoms with Crippen molar-refractivity contribution >= 4 is 44.0 Å². The molecule has 0 bridgehead atoms. The van der Waals surface area contributed by atoms with Crippen LogP contribution < -0.4 is 24.4 Å². The minimum absolute atomic E-state index is 0.0422. The number of pyridine rings is 2. The van der Waals surface area contributed by atoms with Crippen LogP contribution in [-0.2, 0) is 10.0 Å². The van der Waals surface area contributed by atoms with E-state index >= 15 is 0 Å². The Morgan fingerprint density at radius 3 is 2.58 bits per heavy atom. The topological polar surface area (TPSA) is 185 Å². The van der Waals surface area contributed by atoms with Gasteiger partial charge in [0, 0.05) is 48.5 Å². The summed E-state index contributed by atoms with van der Waals surface area (Å²) in [4.78, 5) is 42.5. The monoisotopic (exact) mass is 888 g/mol. The minimum Gasteiger partial charge on any atom is -0.474 e. The molecule has 2 aromatic carbocycles. The van der Waals surface area contributed by atoms with Crippen molar-refractivity contribution in [2.24, 2.45) is 11.3 Å². The number of fused-ring (bicyclic) bond motifs is 2. The van der Waals surface area contributed by atoms with Gasteiger partial charge in [-0.2, -0.15) is 13.4 Å². The molecule has 4 fully saturated rings. The van der Waals surface area contributed by atoms with Gasteiger partial charge in [-0.1, -0.05) is 57.4 Å². The van der Waals surface area contributed by atoms with E-state index in [9.17, 15) is 23.3 Å². The van der Waals surface area contributed by atoms with Crippen molar-refractivity contribution in [3.8, 4) is 17.4 Å². The van der Waals surface area contributed by atoms with Crippen LogP contribution in [0.4, 0.5) is 17.1 Å². The van der Waals surface area contributed by atoms with Crippen molar-refractivity contribution < 1.29 is 27.6 Å². The van der Waals surface area contributed by atoms with Crippen LogP contribution in [0.25, 0.3) is 11.0 Å². The fourth-order valence-corrected chi connectivity index (χ4v) is 12.2. The number of nitro groups is 1. The molecule has 6 heterocycles. The van der Waals surface area contributed by atoms with E-state index in [0.29, 0.717) is 34.8 Å². The summed E-state index contributed by atoms with van der Waals surface area (Å²) in [5.74, 6) is 0.0977. The number of ether oxygens (including phenoxy) is 2. The number of carbonyl (C=O) groups is 1. The molecule has 3 aromatic heterocycles. The fraction of sp³-hybridized carbons (Fsp3) is 0.479. The van der Waals surface area contributed by atoms with Gasteiger partial charge in [0.25, 0.3) is 15.9 Å². The van der Waals surface area contributed by atoms with Crippen LogP contribution in [-0.4, -0.2) is 77.4 Å². The SMILES string of the molecule is CC(C)c1ccccc1[C@H]1CCCN1C1CC2(CCN(c3ccc(C(=O)NS(=O)(=O)c4cc([N+](=O)[O-])c5c(n4)OC[C@H](C4CCCCC4)N5)c(Oc4cnc5[nH]ccc5c4)c3)CC2)C1. The maximum absolute atomic E-state index is 14.1. The lowest BCUT2D eigenvalue weighted by Gasteiger charge is -2.56. The smallest absolute Gasteiger partial charge is 0.300 e. The van der Waals surface area contributed by atoms with E-state index in [-0.39, 0.29) is 41.4 Å². The highest BCUT2D eigenvalue weighted by Crippen LogP contribution is 2.54. The van der Waals surface area contributed by atoms with Gasteiger partial charge in [0.1, 0.15) is 23.8 Å². The Hall–Kier alpha value is -5.74. The number of carbonyl (C=O) groups excluding carboxylic acids is 1. The van der Waals surface area contributed by atoms with Gasteiger partial charge < -0.3 is 24.7 Å². The Morgan fingerprint density at radius 2 is 1.80 bits per heavy atom. The summed E-state index contributed by atoms with van der Waals surface area (Å²) in [7, 11) is -4.73. The second-order valence-electron chi connectivity index (χ2n) is 18.9. The molecule has 15 nitrogen and oxygen atoms in total. The van der Waals surface area contributed by atoms with Crippen molar-refractivity contribution in [3.63, 3.8) is 0 Å². The number of likely N-dealkylation sites (tertiary alicyclic amines) is 1. The number of amides is 1. The first kappa shape index (κ1) is 42.2. The molecule has 2 aliphatic carbocycles. The Labute approximate surface area is 373 Å². The van der Waals surface area contributed by atoms with Crippen molar-refractivity contribution in [2.75, 3.05) is 36.5 Å². The van der Waals surface area contributed by atoms with Crippen LogP contribution in [0.1, 0.15) is 118 Å². The van der Waals surface area contributed by atoms with Crippen molar-refractivity contribution in [1.29, 1.82) is 0 Å².